The molecule has 0 bridgehead atoms. The molecule has 1 N–H and O–H groups in total. The topological polar surface area (TPSA) is 54.2 Å². The summed E-state index contributed by atoms with van der Waals surface area (Å²) in [5, 5.41) is 7.51. The van der Waals surface area contributed by atoms with Crippen molar-refractivity contribution in [2.24, 2.45) is 5.92 Å². The molecule has 108 valence electrons. The van der Waals surface area contributed by atoms with Crippen molar-refractivity contribution < 1.29 is 4.52 Å². The van der Waals surface area contributed by atoms with Crippen molar-refractivity contribution in [3.63, 3.8) is 0 Å². The first-order chi connectivity index (χ1) is 9.13. The number of nitrogens with one attached hydrogen (secondary N) is 1. The van der Waals surface area contributed by atoms with Crippen LogP contribution in [-0.2, 0) is 6.42 Å². The fraction of sp³-hybridized carbons (Fsp3) is 0.857. The quantitative estimate of drug-likeness (QED) is 0.848. The number of hydrogen-bond donors (Lipinski definition) is 1. The standard InChI is InChI=1S/C14H26N4O/c1-11(2)10-18-8-5-13(6-9-18)15-7-4-14-16-12(3)19-17-14/h11,13,15H,4-10H2,1-3H3. The van der Waals surface area contributed by atoms with Gasteiger partial charge in [0.1, 0.15) is 0 Å². The van der Waals surface area contributed by atoms with E-state index in [0.717, 1.165) is 24.7 Å². The van der Waals surface area contributed by atoms with Crippen LogP contribution in [0.15, 0.2) is 4.52 Å². The molecule has 1 aromatic heterocycles. The van der Waals surface area contributed by atoms with E-state index in [-0.39, 0.29) is 0 Å². The number of hydrogen-bond acceptors (Lipinski definition) is 5. The van der Waals surface area contributed by atoms with E-state index in [9.17, 15) is 0 Å². The SMILES string of the molecule is Cc1nc(CCNC2CCN(CC(C)C)CC2)no1. The number of likely N-dealkylation sites (tertiary alicyclic amines) is 1. The molecule has 0 amide bonds. The number of rotatable bonds is 6. The molecule has 0 radical (unpaired) electrons. The van der Waals surface area contributed by atoms with Gasteiger partial charge in [0.2, 0.25) is 5.89 Å². The zero-order chi connectivity index (χ0) is 13.7. The van der Waals surface area contributed by atoms with Crippen molar-refractivity contribution >= 4 is 0 Å². The Hall–Kier alpha value is -0.940. The molecule has 1 aliphatic rings. The van der Waals surface area contributed by atoms with E-state index in [4.69, 9.17) is 4.52 Å². The van der Waals surface area contributed by atoms with Gasteiger partial charge in [0.25, 0.3) is 0 Å². The molecular formula is C14H26N4O. The van der Waals surface area contributed by atoms with Gasteiger partial charge in [-0.2, -0.15) is 4.98 Å². The monoisotopic (exact) mass is 266 g/mol. The highest BCUT2D eigenvalue weighted by atomic mass is 16.5. The van der Waals surface area contributed by atoms with Gasteiger partial charge < -0.3 is 14.7 Å². The summed E-state index contributed by atoms with van der Waals surface area (Å²) in [6, 6.07) is 0.649. The Kier molecular flexibility index (Phi) is 5.34. The molecule has 0 unspecified atom stereocenters. The summed E-state index contributed by atoms with van der Waals surface area (Å²) in [7, 11) is 0. The zero-order valence-corrected chi connectivity index (χ0v) is 12.4. The minimum absolute atomic E-state index is 0.649. The van der Waals surface area contributed by atoms with Crippen LogP contribution >= 0.6 is 0 Å². The Morgan fingerprint density at radius 2 is 2.11 bits per heavy atom. The lowest BCUT2D eigenvalue weighted by Gasteiger charge is -2.33. The summed E-state index contributed by atoms with van der Waals surface area (Å²) in [6.07, 6.45) is 3.35. The van der Waals surface area contributed by atoms with E-state index in [1.54, 1.807) is 0 Å². The number of nitrogens with zero attached hydrogens (tertiary/aromatic N) is 3. The molecule has 0 atom stereocenters. The van der Waals surface area contributed by atoms with Crippen LogP contribution in [0.3, 0.4) is 0 Å². The molecule has 0 aromatic carbocycles. The van der Waals surface area contributed by atoms with Crippen molar-refractivity contribution in [2.45, 2.75) is 46.1 Å². The van der Waals surface area contributed by atoms with Crippen molar-refractivity contribution in [3.8, 4) is 0 Å². The van der Waals surface area contributed by atoms with Gasteiger partial charge in [-0.3, -0.25) is 0 Å². The van der Waals surface area contributed by atoms with Crippen LogP contribution in [-0.4, -0.2) is 47.3 Å². The fourth-order valence-corrected chi connectivity index (χ4v) is 2.67. The molecule has 2 heterocycles. The second-order valence-electron chi connectivity index (χ2n) is 5.90. The summed E-state index contributed by atoms with van der Waals surface area (Å²) in [5.74, 6) is 2.23. The maximum atomic E-state index is 4.96. The third-order valence-corrected chi connectivity index (χ3v) is 3.56. The predicted molar refractivity (Wildman–Crippen MR) is 75.0 cm³/mol. The highest BCUT2D eigenvalue weighted by Gasteiger charge is 2.19. The highest BCUT2D eigenvalue weighted by Crippen LogP contribution is 2.12. The van der Waals surface area contributed by atoms with E-state index in [1.165, 1.54) is 32.5 Å². The Bertz CT molecular complexity index is 369. The van der Waals surface area contributed by atoms with Crippen molar-refractivity contribution in [3.05, 3.63) is 11.7 Å². The average molecular weight is 266 g/mol. The van der Waals surface area contributed by atoms with Gasteiger partial charge in [-0.05, 0) is 31.8 Å². The molecule has 0 spiro atoms. The van der Waals surface area contributed by atoms with E-state index in [0.29, 0.717) is 11.9 Å². The summed E-state index contributed by atoms with van der Waals surface area (Å²) in [4.78, 5) is 6.79. The first-order valence-electron chi connectivity index (χ1n) is 7.38. The molecule has 2 rings (SSSR count). The van der Waals surface area contributed by atoms with Gasteiger partial charge in [0.15, 0.2) is 5.82 Å². The lowest BCUT2D eigenvalue weighted by atomic mass is 10.0. The lowest BCUT2D eigenvalue weighted by molar-refractivity contribution is 0.180. The van der Waals surface area contributed by atoms with Crippen LogP contribution in [0.25, 0.3) is 0 Å². The minimum Gasteiger partial charge on any atom is -0.340 e. The molecule has 1 aliphatic heterocycles. The van der Waals surface area contributed by atoms with Crippen molar-refractivity contribution in [1.82, 2.24) is 20.4 Å². The molecule has 0 saturated carbocycles. The first-order valence-corrected chi connectivity index (χ1v) is 7.38. The van der Waals surface area contributed by atoms with Crippen LogP contribution < -0.4 is 5.32 Å². The number of aryl methyl sites for hydroxylation is 1. The van der Waals surface area contributed by atoms with Gasteiger partial charge >= 0.3 is 0 Å². The summed E-state index contributed by atoms with van der Waals surface area (Å²) < 4.78 is 4.96. The second kappa shape index (κ2) is 7.01. The van der Waals surface area contributed by atoms with Crippen molar-refractivity contribution in [2.75, 3.05) is 26.2 Å². The molecule has 0 aliphatic carbocycles. The molecule has 1 saturated heterocycles. The van der Waals surface area contributed by atoms with Crippen LogP contribution in [0.1, 0.15) is 38.4 Å². The van der Waals surface area contributed by atoms with Crippen LogP contribution in [0, 0.1) is 12.8 Å². The molecule has 1 aromatic rings. The third-order valence-electron chi connectivity index (χ3n) is 3.56. The summed E-state index contributed by atoms with van der Waals surface area (Å²) in [6.45, 7) is 11.0. The largest absolute Gasteiger partial charge is 0.340 e. The maximum Gasteiger partial charge on any atom is 0.223 e. The Balaban J connectivity index is 1.60. The third kappa shape index (κ3) is 4.91. The molecule has 5 heteroatoms. The Morgan fingerprint density at radius 1 is 1.37 bits per heavy atom. The van der Waals surface area contributed by atoms with Gasteiger partial charge in [-0.25, -0.2) is 0 Å². The van der Waals surface area contributed by atoms with Gasteiger partial charge in [0, 0.05) is 32.5 Å². The minimum atomic E-state index is 0.649. The fourth-order valence-electron chi connectivity index (χ4n) is 2.67. The van der Waals surface area contributed by atoms with E-state index in [1.807, 2.05) is 6.92 Å². The maximum absolute atomic E-state index is 4.96. The normalized spacial score (nSPS) is 18.3. The molecule has 5 nitrogen and oxygen atoms in total. The molecular weight excluding hydrogens is 240 g/mol. The van der Waals surface area contributed by atoms with Crippen LogP contribution in [0.2, 0.25) is 0 Å². The number of piperidine rings is 1. The second-order valence-corrected chi connectivity index (χ2v) is 5.90. The van der Waals surface area contributed by atoms with Crippen LogP contribution in [0.4, 0.5) is 0 Å². The summed E-state index contributed by atoms with van der Waals surface area (Å²) >= 11 is 0. The summed E-state index contributed by atoms with van der Waals surface area (Å²) in [5.41, 5.74) is 0. The Labute approximate surface area is 115 Å². The van der Waals surface area contributed by atoms with Gasteiger partial charge in [0.05, 0.1) is 0 Å². The molecule has 19 heavy (non-hydrogen) atoms. The van der Waals surface area contributed by atoms with Gasteiger partial charge in [-0.15, -0.1) is 0 Å². The number of aromatic nitrogens is 2. The van der Waals surface area contributed by atoms with E-state index in [2.05, 4.69) is 34.2 Å². The van der Waals surface area contributed by atoms with Crippen molar-refractivity contribution in [1.29, 1.82) is 0 Å². The smallest absolute Gasteiger partial charge is 0.223 e. The van der Waals surface area contributed by atoms with Gasteiger partial charge in [-0.1, -0.05) is 19.0 Å². The molecule has 1 fully saturated rings. The average Bonchev–Trinajstić information content (AvgIpc) is 2.77. The predicted octanol–water partition coefficient (Wildman–Crippen LogP) is 1.63. The van der Waals surface area contributed by atoms with E-state index >= 15 is 0 Å². The first kappa shape index (κ1) is 14.5. The van der Waals surface area contributed by atoms with E-state index < -0.39 is 0 Å². The highest BCUT2D eigenvalue weighted by molar-refractivity contribution is 4.85. The lowest BCUT2D eigenvalue weighted by Crippen LogP contribution is -2.44. The van der Waals surface area contributed by atoms with Crippen LogP contribution in [0.5, 0.6) is 0 Å². The Morgan fingerprint density at radius 3 is 2.68 bits per heavy atom. The zero-order valence-electron chi connectivity index (χ0n) is 12.4.